The number of amides is 1. The standard InChI is InChI=1S/C23H20N2O6S/c1-29-21-9-2-5-16-13-18(31-23(16)21)10-11-22(26)25-17-6-3-8-20(14-17)32(27,28)24-15-19-7-4-12-30-19/h2-14,24H,15H2,1H3,(H,25,26)/b11-10+. The number of anilines is 1. The summed E-state index contributed by atoms with van der Waals surface area (Å²) in [6.07, 6.45) is 4.30. The van der Waals surface area contributed by atoms with Crippen LogP contribution in [0.1, 0.15) is 11.5 Å². The fourth-order valence-electron chi connectivity index (χ4n) is 3.04. The second-order valence-electron chi connectivity index (χ2n) is 6.78. The van der Waals surface area contributed by atoms with Crippen LogP contribution < -0.4 is 14.8 Å². The summed E-state index contributed by atoms with van der Waals surface area (Å²) in [5.41, 5.74) is 0.932. The number of sulfonamides is 1. The van der Waals surface area contributed by atoms with Crippen LogP contribution in [-0.2, 0) is 21.4 Å². The van der Waals surface area contributed by atoms with Gasteiger partial charge in [0.05, 0.1) is 24.8 Å². The molecular formula is C23H20N2O6S. The zero-order chi connectivity index (χ0) is 22.6. The average molecular weight is 452 g/mol. The molecule has 0 spiro atoms. The van der Waals surface area contributed by atoms with Gasteiger partial charge in [0.1, 0.15) is 11.5 Å². The SMILES string of the molecule is COc1cccc2cc(/C=C/C(=O)Nc3cccc(S(=O)(=O)NCc4ccco4)c3)oc12. The molecule has 0 saturated carbocycles. The molecule has 0 atom stereocenters. The Hall–Kier alpha value is -3.82. The number of methoxy groups -OCH3 is 1. The normalized spacial score (nSPS) is 11.8. The van der Waals surface area contributed by atoms with Crippen LogP contribution in [0.4, 0.5) is 5.69 Å². The van der Waals surface area contributed by atoms with Crippen molar-refractivity contribution in [3.05, 3.63) is 84.5 Å². The molecule has 0 unspecified atom stereocenters. The lowest BCUT2D eigenvalue weighted by molar-refractivity contribution is -0.111. The van der Waals surface area contributed by atoms with Gasteiger partial charge in [0.25, 0.3) is 0 Å². The van der Waals surface area contributed by atoms with E-state index in [0.717, 1.165) is 5.39 Å². The molecule has 0 saturated heterocycles. The Morgan fingerprint density at radius 3 is 2.72 bits per heavy atom. The van der Waals surface area contributed by atoms with Gasteiger partial charge in [-0.25, -0.2) is 13.1 Å². The van der Waals surface area contributed by atoms with Gasteiger partial charge >= 0.3 is 0 Å². The molecule has 9 heteroatoms. The first-order valence-corrected chi connectivity index (χ1v) is 11.1. The maximum absolute atomic E-state index is 12.5. The second-order valence-corrected chi connectivity index (χ2v) is 8.55. The van der Waals surface area contributed by atoms with Crippen molar-refractivity contribution in [2.45, 2.75) is 11.4 Å². The number of fused-ring (bicyclic) bond motifs is 1. The van der Waals surface area contributed by atoms with E-state index in [9.17, 15) is 13.2 Å². The number of nitrogens with one attached hydrogen (secondary N) is 2. The van der Waals surface area contributed by atoms with Crippen LogP contribution in [-0.4, -0.2) is 21.4 Å². The molecule has 2 aromatic heterocycles. The monoisotopic (exact) mass is 452 g/mol. The van der Waals surface area contributed by atoms with Crippen LogP contribution in [0.5, 0.6) is 5.75 Å². The molecule has 0 bridgehead atoms. The van der Waals surface area contributed by atoms with Crippen LogP contribution in [0.3, 0.4) is 0 Å². The number of hydrogen-bond donors (Lipinski definition) is 2. The molecule has 4 rings (SSSR count). The minimum Gasteiger partial charge on any atom is -0.493 e. The van der Waals surface area contributed by atoms with E-state index in [0.29, 0.717) is 28.5 Å². The molecule has 8 nitrogen and oxygen atoms in total. The van der Waals surface area contributed by atoms with Crippen LogP contribution in [0.2, 0.25) is 0 Å². The van der Waals surface area contributed by atoms with Gasteiger partial charge in [-0.05, 0) is 48.5 Å². The summed E-state index contributed by atoms with van der Waals surface area (Å²) in [6, 6.07) is 16.6. The molecule has 2 heterocycles. The van der Waals surface area contributed by atoms with Gasteiger partial charge < -0.3 is 18.9 Å². The smallest absolute Gasteiger partial charge is 0.248 e. The van der Waals surface area contributed by atoms with Crippen LogP contribution in [0.25, 0.3) is 17.0 Å². The Labute approximate surface area is 184 Å². The van der Waals surface area contributed by atoms with E-state index in [-0.39, 0.29) is 11.4 Å². The van der Waals surface area contributed by atoms with Crippen molar-refractivity contribution in [1.82, 2.24) is 4.72 Å². The number of carbonyl (C=O) groups is 1. The predicted octanol–water partition coefficient (Wildman–Crippen LogP) is 4.16. The molecule has 32 heavy (non-hydrogen) atoms. The van der Waals surface area contributed by atoms with Gasteiger partial charge in [-0.2, -0.15) is 0 Å². The largest absolute Gasteiger partial charge is 0.493 e. The van der Waals surface area contributed by atoms with E-state index in [1.807, 2.05) is 12.1 Å². The van der Waals surface area contributed by atoms with Crippen molar-refractivity contribution in [3.63, 3.8) is 0 Å². The highest BCUT2D eigenvalue weighted by Crippen LogP contribution is 2.29. The lowest BCUT2D eigenvalue weighted by Crippen LogP contribution is -2.23. The van der Waals surface area contributed by atoms with E-state index < -0.39 is 15.9 Å². The second kappa shape index (κ2) is 9.13. The highest BCUT2D eigenvalue weighted by Gasteiger charge is 2.15. The van der Waals surface area contributed by atoms with Gasteiger partial charge in [-0.1, -0.05) is 18.2 Å². The predicted molar refractivity (Wildman–Crippen MR) is 120 cm³/mol. The minimum atomic E-state index is -3.78. The number of ether oxygens (including phenoxy) is 1. The van der Waals surface area contributed by atoms with Crippen molar-refractivity contribution in [2.75, 3.05) is 12.4 Å². The van der Waals surface area contributed by atoms with Gasteiger partial charge in [0, 0.05) is 17.1 Å². The van der Waals surface area contributed by atoms with Crippen LogP contribution >= 0.6 is 0 Å². The van der Waals surface area contributed by atoms with Crippen LogP contribution in [0, 0.1) is 0 Å². The van der Waals surface area contributed by atoms with Crippen molar-refractivity contribution in [1.29, 1.82) is 0 Å². The Kier molecular flexibility index (Phi) is 6.11. The third kappa shape index (κ3) is 4.90. The number of furan rings is 2. The summed E-state index contributed by atoms with van der Waals surface area (Å²) in [4.78, 5) is 12.3. The Morgan fingerprint density at radius 2 is 1.94 bits per heavy atom. The third-order valence-electron chi connectivity index (χ3n) is 4.57. The Morgan fingerprint density at radius 1 is 1.09 bits per heavy atom. The van der Waals surface area contributed by atoms with E-state index >= 15 is 0 Å². The summed E-state index contributed by atoms with van der Waals surface area (Å²) in [5, 5.41) is 3.50. The topological polar surface area (TPSA) is 111 Å². The first-order chi connectivity index (χ1) is 15.4. The van der Waals surface area contributed by atoms with E-state index in [1.54, 1.807) is 43.5 Å². The number of benzene rings is 2. The molecule has 0 aliphatic heterocycles. The Balaban J connectivity index is 1.43. The molecule has 2 N–H and O–H groups in total. The summed E-state index contributed by atoms with van der Waals surface area (Å²) in [5.74, 6) is 1.14. The van der Waals surface area contributed by atoms with E-state index in [2.05, 4.69) is 10.0 Å². The number of para-hydroxylation sites is 1. The fraction of sp³-hybridized carbons (Fsp3) is 0.0870. The lowest BCUT2D eigenvalue weighted by atomic mass is 10.2. The molecule has 2 aromatic carbocycles. The number of rotatable bonds is 8. The quantitative estimate of drug-likeness (QED) is 0.388. The molecule has 1 amide bonds. The molecule has 4 aromatic rings. The van der Waals surface area contributed by atoms with Crippen molar-refractivity contribution < 1.29 is 26.8 Å². The molecule has 164 valence electrons. The Bertz CT molecular complexity index is 1370. The third-order valence-corrected chi connectivity index (χ3v) is 5.97. The molecule has 0 fully saturated rings. The first kappa shape index (κ1) is 21.4. The molecule has 0 radical (unpaired) electrons. The first-order valence-electron chi connectivity index (χ1n) is 9.62. The van der Waals surface area contributed by atoms with Gasteiger partial charge in [-0.15, -0.1) is 0 Å². The zero-order valence-corrected chi connectivity index (χ0v) is 17.9. The van der Waals surface area contributed by atoms with E-state index in [1.165, 1.54) is 30.5 Å². The number of hydrogen-bond acceptors (Lipinski definition) is 6. The molecule has 0 aliphatic carbocycles. The summed E-state index contributed by atoms with van der Waals surface area (Å²) >= 11 is 0. The highest BCUT2D eigenvalue weighted by atomic mass is 32.2. The molecular weight excluding hydrogens is 432 g/mol. The zero-order valence-electron chi connectivity index (χ0n) is 17.1. The van der Waals surface area contributed by atoms with E-state index in [4.69, 9.17) is 13.6 Å². The summed E-state index contributed by atoms with van der Waals surface area (Å²) in [7, 11) is -2.22. The van der Waals surface area contributed by atoms with Crippen molar-refractivity contribution >= 4 is 38.7 Å². The highest BCUT2D eigenvalue weighted by molar-refractivity contribution is 7.89. The van der Waals surface area contributed by atoms with Crippen molar-refractivity contribution in [2.24, 2.45) is 0 Å². The van der Waals surface area contributed by atoms with Crippen molar-refractivity contribution in [3.8, 4) is 5.75 Å². The maximum atomic E-state index is 12.5. The van der Waals surface area contributed by atoms with Gasteiger partial charge in [-0.3, -0.25) is 4.79 Å². The lowest BCUT2D eigenvalue weighted by Gasteiger charge is -2.08. The maximum Gasteiger partial charge on any atom is 0.248 e. The minimum absolute atomic E-state index is 0.0233. The summed E-state index contributed by atoms with van der Waals surface area (Å²) < 4.78 is 43.6. The number of carbonyl (C=O) groups excluding carboxylic acids is 1. The fourth-order valence-corrected chi connectivity index (χ4v) is 4.08. The average Bonchev–Trinajstić information content (AvgIpc) is 3.46. The van der Waals surface area contributed by atoms with Gasteiger partial charge in [0.2, 0.25) is 15.9 Å². The molecule has 0 aliphatic rings. The summed E-state index contributed by atoms with van der Waals surface area (Å²) in [6.45, 7) is 0.0247. The van der Waals surface area contributed by atoms with Gasteiger partial charge in [0.15, 0.2) is 11.3 Å². The van der Waals surface area contributed by atoms with Crippen LogP contribution in [0.15, 0.2) is 86.7 Å².